The first-order valence-corrected chi connectivity index (χ1v) is 25.6. The van der Waals surface area contributed by atoms with Gasteiger partial charge >= 0.3 is 24.4 Å². The number of hydrogen-bond donors (Lipinski definition) is 2. The molecule has 0 spiro atoms. The van der Waals surface area contributed by atoms with Gasteiger partial charge in [-0.1, -0.05) is 6.07 Å². The van der Waals surface area contributed by atoms with Crippen LogP contribution >= 0.6 is 0 Å². The third-order valence-electron chi connectivity index (χ3n) is 12.5. The number of amides is 2. The van der Waals surface area contributed by atoms with Gasteiger partial charge in [-0.2, -0.15) is 35.7 Å². The first kappa shape index (κ1) is 48.8. The summed E-state index contributed by atoms with van der Waals surface area (Å²) in [5.41, 5.74) is 0.527. The maximum atomic E-state index is 14.2. The van der Waals surface area contributed by atoms with E-state index >= 15 is 0 Å². The molecular formula is C42H52F6N12O6S2. The molecule has 4 aliphatic rings. The Morgan fingerprint density at radius 1 is 0.647 bits per heavy atom. The molecule has 0 radical (unpaired) electrons. The van der Waals surface area contributed by atoms with Crippen LogP contribution < -0.4 is 19.2 Å². The van der Waals surface area contributed by atoms with Crippen LogP contribution in [0, 0.1) is 5.92 Å². The Balaban J connectivity index is 0.821. The van der Waals surface area contributed by atoms with Crippen molar-refractivity contribution in [3.8, 4) is 0 Å². The zero-order valence-electron chi connectivity index (χ0n) is 37.1. The summed E-state index contributed by atoms with van der Waals surface area (Å²) in [5, 5.41) is 8.13. The van der Waals surface area contributed by atoms with Gasteiger partial charge in [-0.25, -0.2) is 26.4 Å². The molecule has 4 fully saturated rings. The summed E-state index contributed by atoms with van der Waals surface area (Å²) in [6.07, 6.45) is -3.26. The van der Waals surface area contributed by atoms with Gasteiger partial charge in [-0.3, -0.25) is 19.2 Å². The summed E-state index contributed by atoms with van der Waals surface area (Å²) in [5.74, 6) is -0.863. The molecule has 68 heavy (non-hydrogen) atoms. The number of rotatable bonds is 12. The number of nitrogens with one attached hydrogen (secondary N) is 2. The summed E-state index contributed by atoms with van der Waals surface area (Å²) >= 11 is 0. The Kier molecular flexibility index (Phi) is 13.9. The van der Waals surface area contributed by atoms with Gasteiger partial charge in [0, 0.05) is 128 Å². The number of halogens is 6. The fourth-order valence-corrected chi connectivity index (χ4v) is 11.0. The van der Waals surface area contributed by atoms with E-state index in [1.54, 1.807) is 15.9 Å². The number of alkyl halides is 6. The van der Waals surface area contributed by atoms with Crippen molar-refractivity contribution in [1.82, 2.24) is 39.2 Å². The van der Waals surface area contributed by atoms with Crippen LogP contribution in [0.4, 0.5) is 58.9 Å². The van der Waals surface area contributed by atoms with Crippen LogP contribution in [0.3, 0.4) is 0 Å². The van der Waals surface area contributed by atoms with E-state index in [1.807, 2.05) is 9.80 Å². The quantitative estimate of drug-likeness (QED) is 0.183. The first-order chi connectivity index (χ1) is 32.0. The van der Waals surface area contributed by atoms with Crippen molar-refractivity contribution in [3.05, 3.63) is 83.2 Å². The molecule has 370 valence electrons. The maximum Gasteiger partial charge on any atom is 0.416 e. The van der Waals surface area contributed by atoms with E-state index in [9.17, 15) is 52.8 Å². The fraction of sp³-hybridized carbons (Fsp3) is 0.524. The molecule has 4 saturated heterocycles. The summed E-state index contributed by atoms with van der Waals surface area (Å²) in [4.78, 5) is 37.2. The van der Waals surface area contributed by atoms with Crippen molar-refractivity contribution in [1.29, 1.82) is 0 Å². The van der Waals surface area contributed by atoms with Gasteiger partial charge in [-0.05, 0) is 66.6 Å². The lowest BCUT2D eigenvalue weighted by Gasteiger charge is -2.35. The monoisotopic (exact) mass is 998 g/mol. The Hall–Kier alpha value is -5.60. The topological polar surface area (TPSA) is 182 Å². The van der Waals surface area contributed by atoms with Gasteiger partial charge in [-0.15, -0.1) is 10.2 Å². The normalized spacial score (nSPS) is 19.2. The van der Waals surface area contributed by atoms with Crippen LogP contribution in [-0.2, 0) is 45.5 Å². The third-order valence-corrected chi connectivity index (χ3v) is 14.5. The number of aromatic nitrogens is 4. The molecule has 2 aromatic carbocycles. The fourth-order valence-electron chi connectivity index (χ4n) is 9.10. The lowest BCUT2D eigenvalue weighted by atomic mass is 10.1. The smallest absolute Gasteiger partial charge is 0.371 e. The first-order valence-electron chi connectivity index (χ1n) is 22.1. The lowest BCUT2D eigenvalue weighted by Crippen LogP contribution is -2.49. The van der Waals surface area contributed by atoms with Gasteiger partial charge in [0.25, 0.3) is 0 Å². The average Bonchev–Trinajstić information content (AvgIpc) is 4.12. The van der Waals surface area contributed by atoms with Gasteiger partial charge in [0.2, 0.25) is 20.0 Å². The molecule has 2 N–H and O–H groups in total. The molecule has 4 aromatic rings. The summed E-state index contributed by atoms with van der Waals surface area (Å²) in [7, 11) is -7.61. The second-order valence-electron chi connectivity index (χ2n) is 17.7. The van der Waals surface area contributed by atoms with Crippen LogP contribution in [0.1, 0.15) is 41.5 Å². The molecule has 1 unspecified atom stereocenters. The highest BCUT2D eigenvalue weighted by atomic mass is 32.2. The van der Waals surface area contributed by atoms with Gasteiger partial charge in [0.1, 0.15) is 0 Å². The summed E-state index contributed by atoms with van der Waals surface area (Å²) in [6, 6.07) is 9.41. The Labute approximate surface area is 389 Å². The van der Waals surface area contributed by atoms with E-state index in [-0.39, 0.29) is 43.6 Å². The molecule has 18 nitrogen and oxygen atoms in total. The largest absolute Gasteiger partial charge is 0.416 e. The zero-order valence-corrected chi connectivity index (χ0v) is 38.7. The lowest BCUT2D eigenvalue weighted by molar-refractivity contribution is -0.138. The van der Waals surface area contributed by atoms with Crippen molar-refractivity contribution >= 4 is 55.1 Å². The van der Waals surface area contributed by atoms with E-state index in [1.165, 1.54) is 41.6 Å². The molecule has 0 bridgehead atoms. The minimum Gasteiger partial charge on any atom is -0.371 e. The molecular weight excluding hydrogens is 947 g/mol. The Morgan fingerprint density at radius 3 is 1.76 bits per heavy atom. The predicted octanol–water partition coefficient (Wildman–Crippen LogP) is 4.93. The number of sulfonamides is 2. The second-order valence-corrected chi connectivity index (χ2v) is 21.2. The number of piperazine rings is 2. The van der Waals surface area contributed by atoms with E-state index < -0.39 is 61.5 Å². The highest BCUT2D eigenvalue weighted by molar-refractivity contribution is 7.92. The van der Waals surface area contributed by atoms with Crippen molar-refractivity contribution in [3.63, 3.8) is 0 Å². The van der Waals surface area contributed by atoms with Crippen LogP contribution in [0.25, 0.3) is 0 Å². The zero-order chi connectivity index (χ0) is 48.6. The summed E-state index contributed by atoms with van der Waals surface area (Å²) in [6.45, 7) is 5.20. The van der Waals surface area contributed by atoms with Crippen molar-refractivity contribution in [2.75, 3.05) is 110 Å². The van der Waals surface area contributed by atoms with Crippen molar-refractivity contribution < 1.29 is 52.8 Å². The Morgan fingerprint density at radius 2 is 1.21 bits per heavy atom. The molecule has 6 heterocycles. The van der Waals surface area contributed by atoms with Gasteiger partial charge in [0.05, 0.1) is 23.1 Å². The minimum absolute atomic E-state index is 0.0160. The molecule has 0 aliphatic carbocycles. The van der Waals surface area contributed by atoms with Crippen LogP contribution in [0.5, 0.6) is 0 Å². The van der Waals surface area contributed by atoms with Crippen molar-refractivity contribution in [2.24, 2.45) is 5.92 Å². The molecule has 2 amide bonds. The number of benzene rings is 2. The molecule has 0 saturated carbocycles. The number of hydrogen-bond acceptors (Lipinski definition) is 12. The second kappa shape index (κ2) is 19.4. The number of nitrogens with zero attached hydrogens (tertiary/aromatic N) is 10. The van der Waals surface area contributed by atoms with E-state index in [2.05, 4.69) is 24.5 Å². The Bertz CT molecular complexity index is 2690. The highest BCUT2D eigenvalue weighted by Crippen LogP contribution is 2.37. The predicted molar refractivity (Wildman–Crippen MR) is 240 cm³/mol. The molecule has 1 atom stereocenters. The van der Waals surface area contributed by atoms with E-state index in [0.717, 1.165) is 52.2 Å². The maximum absolute atomic E-state index is 14.2. The minimum atomic E-state index is -4.65. The van der Waals surface area contributed by atoms with Crippen LogP contribution in [0.15, 0.2) is 60.9 Å². The molecule has 2 aromatic heterocycles. The number of carbonyl (C=O) groups is 2. The van der Waals surface area contributed by atoms with Gasteiger partial charge < -0.3 is 19.6 Å². The average molecular weight is 999 g/mol. The standard InChI is InChI=1S/C42H52F6N12O6S2/c1-67(63,64)51-37-7-12-59(49-37)39(61)56-18-14-53(15-19-56)26-31-22-34(42(46,47)48)24-35(23-31)58-11-6-30(27-58)29-68(65,66)52-38-8-13-60(50-38)40(62)57-20-16-54(17-21-57)28-32-4-5-33(41(43,44)45)25-36(32)55-9-2-3-10-55/h4-5,7-8,12-13,22-25,30H,2-3,6,9-11,14-21,26-29H2,1H3,(H,49,51)(H,50,52). The molecule has 4 aliphatic heterocycles. The van der Waals surface area contributed by atoms with E-state index in [4.69, 9.17) is 0 Å². The van der Waals surface area contributed by atoms with Crippen molar-refractivity contribution in [2.45, 2.75) is 44.7 Å². The third kappa shape index (κ3) is 12.2. The number of carbonyl (C=O) groups excluding carboxylic acids is 2. The van der Waals surface area contributed by atoms with Crippen LogP contribution in [0.2, 0.25) is 0 Å². The molecule has 8 rings (SSSR count). The molecule has 26 heteroatoms. The van der Waals surface area contributed by atoms with E-state index in [0.29, 0.717) is 88.8 Å². The van der Waals surface area contributed by atoms with Gasteiger partial charge in [0.15, 0.2) is 11.6 Å². The highest BCUT2D eigenvalue weighted by Gasteiger charge is 2.35. The number of anilines is 4. The SMILES string of the molecule is CS(=O)(=O)Nc1ccn(C(=O)N2CCN(Cc3cc(N4CCC(CS(=O)(=O)Nc5ccn(C(=O)N6CCN(Cc7ccc(C(F)(F)F)cc7N7CCCC7)CC6)n5)C4)cc(C(F)(F)F)c3)CC2)n1. The summed E-state index contributed by atoms with van der Waals surface area (Å²) < 4.78 is 140. The van der Waals surface area contributed by atoms with Crippen LogP contribution in [-0.4, -0.2) is 159 Å².